The maximum absolute atomic E-state index is 11.5. The Morgan fingerprint density at radius 1 is 1.36 bits per heavy atom. The fourth-order valence-electron chi connectivity index (χ4n) is 1.92. The standard InChI is InChI=1S/C11H18O3/c1-7-5-9(13-3)6-10(8(7)2)11(12)14-4/h9-10H,5-6H2,1-4H3/t9-,10-/m0/s1. The molecule has 0 heterocycles. The van der Waals surface area contributed by atoms with Gasteiger partial charge in [0.05, 0.1) is 19.1 Å². The van der Waals surface area contributed by atoms with Crippen molar-refractivity contribution in [3.63, 3.8) is 0 Å². The highest BCUT2D eigenvalue weighted by Gasteiger charge is 2.30. The number of hydrogen-bond acceptors (Lipinski definition) is 3. The van der Waals surface area contributed by atoms with Gasteiger partial charge in [0.2, 0.25) is 0 Å². The zero-order chi connectivity index (χ0) is 10.7. The fraction of sp³-hybridized carbons (Fsp3) is 0.727. The molecular formula is C11H18O3. The smallest absolute Gasteiger partial charge is 0.312 e. The predicted octanol–water partition coefficient (Wildman–Crippen LogP) is 1.92. The zero-order valence-corrected chi connectivity index (χ0v) is 9.29. The minimum Gasteiger partial charge on any atom is -0.469 e. The summed E-state index contributed by atoms with van der Waals surface area (Å²) in [7, 11) is 3.12. The lowest BCUT2D eigenvalue weighted by molar-refractivity contribution is -0.145. The second-order valence-corrected chi connectivity index (χ2v) is 3.84. The van der Waals surface area contributed by atoms with Crippen molar-refractivity contribution in [1.82, 2.24) is 0 Å². The quantitative estimate of drug-likeness (QED) is 0.502. The zero-order valence-electron chi connectivity index (χ0n) is 9.29. The molecule has 0 N–H and O–H groups in total. The van der Waals surface area contributed by atoms with Crippen LogP contribution in [0.4, 0.5) is 0 Å². The Labute approximate surface area is 85.1 Å². The van der Waals surface area contributed by atoms with Crippen LogP contribution in [-0.4, -0.2) is 26.3 Å². The Balaban J connectivity index is 2.84. The third kappa shape index (κ3) is 2.15. The second-order valence-electron chi connectivity index (χ2n) is 3.84. The van der Waals surface area contributed by atoms with E-state index in [2.05, 4.69) is 6.92 Å². The summed E-state index contributed by atoms with van der Waals surface area (Å²) >= 11 is 0. The Morgan fingerprint density at radius 3 is 2.50 bits per heavy atom. The van der Waals surface area contributed by atoms with Crippen LogP contribution < -0.4 is 0 Å². The van der Waals surface area contributed by atoms with Crippen LogP contribution in [0.5, 0.6) is 0 Å². The maximum atomic E-state index is 11.5. The van der Waals surface area contributed by atoms with Gasteiger partial charge in [-0.1, -0.05) is 11.1 Å². The summed E-state index contributed by atoms with van der Waals surface area (Å²) in [6, 6.07) is 0. The first-order valence-corrected chi connectivity index (χ1v) is 4.87. The molecule has 0 bridgehead atoms. The summed E-state index contributed by atoms with van der Waals surface area (Å²) < 4.78 is 10.1. The topological polar surface area (TPSA) is 35.5 Å². The van der Waals surface area contributed by atoms with Gasteiger partial charge in [0.15, 0.2) is 0 Å². The first kappa shape index (κ1) is 11.2. The van der Waals surface area contributed by atoms with Crippen molar-refractivity contribution < 1.29 is 14.3 Å². The van der Waals surface area contributed by atoms with E-state index in [-0.39, 0.29) is 18.0 Å². The van der Waals surface area contributed by atoms with E-state index in [4.69, 9.17) is 9.47 Å². The molecule has 0 aromatic heterocycles. The number of hydrogen-bond donors (Lipinski definition) is 0. The Kier molecular flexibility index (Phi) is 3.69. The van der Waals surface area contributed by atoms with Crippen LogP contribution in [0.1, 0.15) is 26.7 Å². The molecule has 0 saturated carbocycles. The average Bonchev–Trinajstić information content (AvgIpc) is 2.20. The molecule has 0 saturated heterocycles. The van der Waals surface area contributed by atoms with Gasteiger partial charge in [-0.25, -0.2) is 0 Å². The third-order valence-electron chi connectivity index (χ3n) is 3.05. The molecule has 0 aromatic carbocycles. The summed E-state index contributed by atoms with van der Waals surface area (Å²) in [4.78, 5) is 11.5. The average molecular weight is 198 g/mol. The fourth-order valence-corrected chi connectivity index (χ4v) is 1.92. The number of rotatable bonds is 2. The van der Waals surface area contributed by atoms with Crippen LogP contribution >= 0.6 is 0 Å². The van der Waals surface area contributed by atoms with Crippen molar-refractivity contribution in [2.75, 3.05) is 14.2 Å². The lowest BCUT2D eigenvalue weighted by Gasteiger charge is -2.28. The minimum absolute atomic E-state index is 0.112. The van der Waals surface area contributed by atoms with E-state index in [0.717, 1.165) is 18.4 Å². The monoisotopic (exact) mass is 198 g/mol. The Hall–Kier alpha value is -0.830. The number of esters is 1. The SMILES string of the molecule is COC(=O)[C@H]1C[C@@H](OC)CC(C)=C1C. The molecule has 0 aliphatic heterocycles. The van der Waals surface area contributed by atoms with Crippen molar-refractivity contribution in [3.05, 3.63) is 11.1 Å². The lowest BCUT2D eigenvalue weighted by atomic mass is 9.82. The number of ether oxygens (including phenoxy) is 2. The normalized spacial score (nSPS) is 27.7. The third-order valence-corrected chi connectivity index (χ3v) is 3.05. The van der Waals surface area contributed by atoms with Gasteiger partial charge in [0.1, 0.15) is 0 Å². The van der Waals surface area contributed by atoms with E-state index in [1.807, 2.05) is 6.92 Å². The molecule has 2 atom stereocenters. The van der Waals surface area contributed by atoms with E-state index in [0.29, 0.717) is 0 Å². The predicted molar refractivity (Wildman–Crippen MR) is 53.9 cm³/mol. The van der Waals surface area contributed by atoms with Crippen LogP contribution in [0.15, 0.2) is 11.1 Å². The van der Waals surface area contributed by atoms with Gasteiger partial charge in [-0.15, -0.1) is 0 Å². The molecular weight excluding hydrogens is 180 g/mol. The van der Waals surface area contributed by atoms with Gasteiger partial charge < -0.3 is 9.47 Å². The summed E-state index contributed by atoms with van der Waals surface area (Å²) in [5.74, 6) is -0.262. The van der Waals surface area contributed by atoms with Crippen molar-refractivity contribution >= 4 is 5.97 Å². The molecule has 0 radical (unpaired) electrons. The first-order valence-electron chi connectivity index (χ1n) is 4.87. The molecule has 3 nitrogen and oxygen atoms in total. The number of methoxy groups -OCH3 is 2. The molecule has 3 heteroatoms. The largest absolute Gasteiger partial charge is 0.469 e. The second kappa shape index (κ2) is 4.60. The summed E-state index contributed by atoms with van der Waals surface area (Å²) in [5, 5.41) is 0. The van der Waals surface area contributed by atoms with Crippen molar-refractivity contribution in [2.45, 2.75) is 32.8 Å². The Bertz CT molecular complexity index is 255. The lowest BCUT2D eigenvalue weighted by Crippen LogP contribution is -2.29. The molecule has 1 rings (SSSR count). The molecule has 14 heavy (non-hydrogen) atoms. The van der Waals surface area contributed by atoms with E-state index < -0.39 is 0 Å². The van der Waals surface area contributed by atoms with E-state index in [1.54, 1.807) is 7.11 Å². The molecule has 0 spiro atoms. The van der Waals surface area contributed by atoms with Gasteiger partial charge in [-0.3, -0.25) is 4.79 Å². The van der Waals surface area contributed by atoms with Crippen LogP contribution in [-0.2, 0) is 14.3 Å². The molecule has 0 amide bonds. The van der Waals surface area contributed by atoms with Crippen LogP contribution in [0.3, 0.4) is 0 Å². The molecule has 0 aromatic rings. The first-order chi connectivity index (χ1) is 6.60. The maximum Gasteiger partial charge on any atom is 0.312 e. The van der Waals surface area contributed by atoms with Crippen LogP contribution in [0, 0.1) is 5.92 Å². The van der Waals surface area contributed by atoms with Crippen LogP contribution in [0.2, 0.25) is 0 Å². The van der Waals surface area contributed by atoms with Crippen molar-refractivity contribution in [1.29, 1.82) is 0 Å². The molecule has 1 aliphatic rings. The minimum atomic E-state index is -0.149. The summed E-state index contributed by atoms with van der Waals surface area (Å²) in [5.41, 5.74) is 2.39. The van der Waals surface area contributed by atoms with Gasteiger partial charge in [0, 0.05) is 7.11 Å². The van der Waals surface area contributed by atoms with E-state index in [9.17, 15) is 4.79 Å². The highest BCUT2D eigenvalue weighted by molar-refractivity contribution is 5.76. The Morgan fingerprint density at radius 2 is 2.00 bits per heavy atom. The van der Waals surface area contributed by atoms with Gasteiger partial charge in [-0.2, -0.15) is 0 Å². The molecule has 80 valence electrons. The summed E-state index contributed by atoms with van der Waals surface area (Å²) in [6.07, 6.45) is 1.82. The van der Waals surface area contributed by atoms with Crippen molar-refractivity contribution in [2.24, 2.45) is 5.92 Å². The molecule has 0 fully saturated rings. The van der Waals surface area contributed by atoms with E-state index >= 15 is 0 Å². The molecule has 1 aliphatic carbocycles. The highest BCUT2D eigenvalue weighted by atomic mass is 16.5. The van der Waals surface area contributed by atoms with E-state index in [1.165, 1.54) is 12.7 Å². The number of carbonyl (C=O) groups is 1. The van der Waals surface area contributed by atoms with Gasteiger partial charge in [-0.05, 0) is 26.7 Å². The van der Waals surface area contributed by atoms with Gasteiger partial charge >= 0.3 is 5.97 Å². The van der Waals surface area contributed by atoms with Crippen LogP contribution in [0.25, 0.3) is 0 Å². The molecule has 0 unspecified atom stereocenters. The number of carbonyl (C=O) groups excluding carboxylic acids is 1. The highest BCUT2D eigenvalue weighted by Crippen LogP contribution is 2.31. The van der Waals surface area contributed by atoms with Crippen molar-refractivity contribution in [3.8, 4) is 0 Å². The summed E-state index contributed by atoms with van der Waals surface area (Å²) in [6.45, 7) is 4.05. The van der Waals surface area contributed by atoms with Gasteiger partial charge in [0.25, 0.3) is 0 Å².